The molecule has 18 heavy (non-hydrogen) atoms. The highest BCUT2D eigenvalue weighted by Crippen LogP contribution is 2.28. The van der Waals surface area contributed by atoms with Crippen molar-refractivity contribution in [2.45, 2.75) is 38.8 Å². The van der Waals surface area contributed by atoms with Crippen LogP contribution in [0, 0.1) is 0 Å². The summed E-state index contributed by atoms with van der Waals surface area (Å²) in [5, 5.41) is 0. The van der Waals surface area contributed by atoms with E-state index in [-0.39, 0.29) is 24.0 Å². The van der Waals surface area contributed by atoms with Gasteiger partial charge in [-0.2, -0.15) is 0 Å². The van der Waals surface area contributed by atoms with Crippen molar-refractivity contribution in [1.82, 2.24) is 14.7 Å². The third kappa shape index (κ3) is 5.73. The molecule has 5 heteroatoms. The summed E-state index contributed by atoms with van der Waals surface area (Å²) in [7, 11) is 8.17. The van der Waals surface area contributed by atoms with Gasteiger partial charge in [0, 0.05) is 46.8 Å². The van der Waals surface area contributed by atoms with E-state index < -0.39 is 0 Å². The summed E-state index contributed by atoms with van der Waals surface area (Å²) in [6.07, 6.45) is 2.74. The number of hydrogen-bond donors (Lipinski definition) is 0. The lowest BCUT2D eigenvalue weighted by Crippen LogP contribution is -2.38. The van der Waals surface area contributed by atoms with E-state index >= 15 is 0 Å². The Morgan fingerprint density at radius 2 is 1.61 bits per heavy atom. The van der Waals surface area contributed by atoms with E-state index in [1.807, 2.05) is 28.2 Å². The molecular formula is C13H29IN4. The molecule has 4 nitrogen and oxygen atoms in total. The number of aliphatic imine (C=N–C) groups is 1. The highest BCUT2D eigenvalue weighted by Gasteiger charge is 2.30. The van der Waals surface area contributed by atoms with E-state index in [0.29, 0.717) is 6.04 Å². The summed E-state index contributed by atoms with van der Waals surface area (Å²) in [4.78, 5) is 11.4. The van der Waals surface area contributed by atoms with Crippen LogP contribution in [0.5, 0.6) is 0 Å². The molecule has 0 radical (unpaired) electrons. The predicted octanol–water partition coefficient (Wildman–Crippen LogP) is 1.96. The molecule has 108 valence electrons. The molecule has 0 atom stereocenters. The summed E-state index contributed by atoms with van der Waals surface area (Å²) in [5.74, 6) is 1.05. The van der Waals surface area contributed by atoms with E-state index in [0.717, 1.165) is 25.1 Å². The molecule has 1 fully saturated rings. The second-order valence-electron chi connectivity index (χ2n) is 5.53. The fourth-order valence-electron chi connectivity index (χ4n) is 2.22. The fourth-order valence-corrected chi connectivity index (χ4v) is 2.22. The molecule has 0 amide bonds. The Morgan fingerprint density at radius 1 is 1.11 bits per heavy atom. The molecule has 1 rings (SSSR count). The molecule has 1 saturated carbocycles. The average Bonchev–Trinajstić information content (AvgIpc) is 2.99. The molecule has 0 spiro atoms. The molecule has 0 saturated heterocycles. The Morgan fingerprint density at radius 3 is 1.94 bits per heavy atom. The summed E-state index contributed by atoms with van der Waals surface area (Å²) in [6, 6.07) is 1.47. The first-order valence-corrected chi connectivity index (χ1v) is 6.58. The van der Waals surface area contributed by atoms with Gasteiger partial charge in [0.1, 0.15) is 0 Å². The number of rotatable bonds is 5. The van der Waals surface area contributed by atoms with Gasteiger partial charge < -0.3 is 9.80 Å². The van der Waals surface area contributed by atoms with Gasteiger partial charge in [-0.25, -0.2) is 0 Å². The van der Waals surface area contributed by atoms with Crippen LogP contribution in [-0.4, -0.2) is 74.0 Å². The maximum Gasteiger partial charge on any atom is 0.195 e. The summed E-state index contributed by atoms with van der Waals surface area (Å²) >= 11 is 0. The number of halogens is 1. The normalized spacial score (nSPS) is 14.4. The van der Waals surface area contributed by atoms with Crippen LogP contribution in [-0.2, 0) is 0 Å². The number of guanidine groups is 1. The summed E-state index contributed by atoms with van der Waals surface area (Å²) in [6.45, 7) is 6.52. The van der Waals surface area contributed by atoms with E-state index in [4.69, 9.17) is 0 Å². The van der Waals surface area contributed by atoms with Gasteiger partial charge in [0.2, 0.25) is 0 Å². The van der Waals surface area contributed by atoms with E-state index in [9.17, 15) is 0 Å². The monoisotopic (exact) mass is 368 g/mol. The highest BCUT2D eigenvalue weighted by atomic mass is 127. The first-order valence-electron chi connectivity index (χ1n) is 6.58. The molecule has 0 aromatic rings. The van der Waals surface area contributed by atoms with Crippen molar-refractivity contribution >= 4 is 29.9 Å². The zero-order chi connectivity index (χ0) is 13.0. The molecule has 1 aliphatic carbocycles. The summed E-state index contributed by atoms with van der Waals surface area (Å²) < 4.78 is 0. The van der Waals surface area contributed by atoms with Crippen molar-refractivity contribution in [3.8, 4) is 0 Å². The van der Waals surface area contributed by atoms with Crippen LogP contribution in [0.1, 0.15) is 26.7 Å². The van der Waals surface area contributed by atoms with Crippen LogP contribution < -0.4 is 0 Å². The van der Waals surface area contributed by atoms with Crippen molar-refractivity contribution in [3.63, 3.8) is 0 Å². The van der Waals surface area contributed by atoms with Crippen molar-refractivity contribution < 1.29 is 0 Å². The number of nitrogens with zero attached hydrogens (tertiary/aromatic N) is 4. The van der Waals surface area contributed by atoms with Gasteiger partial charge >= 0.3 is 0 Å². The van der Waals surface area contributed by atoms with Crippen LogP contribution >= 0.6 is 24.0 Å². The first-order chi connectivity index (χ1) is 7.93. The zero-order valence-electron chi connectivity index (χ0n) is 12.7. The number of hydrogen-bond acceptors (Lipinski definition) is 2. The lowest BCUT2D eigenvalue weighted by molar-refractivity contribution is 0.217. The van der Waals surface area contributed by atoms with Crippen molar-refractivity contribution in [3.05, 3.63) is 0 Å². The minimum atomic E-state index is 0. The van der Waals surface area contributed by atoms with Gasteiger partial charge in [0.05, 0.1) is 6.54 Å². The van der Waals surface area contributed by atoms with Crippen molar-refractivity contribution in [1.29, 1.82) is 0 Å². The maximum atomic E-state index is 4.68. The van der Waals surface area contributed by atoms with Crippen LogP contribution in [0.25, 0.3) is 0 Å². The summed E-state index contributed by atoms with van der Waals surface area (Å²) in [5.41, 5.74) is 0. The van der Waals surface area contributed by atoms with Crippen LogP contribution in [0.15, 0.2) is 4.99 Å². The quantitative estimate of drug-likeness (QED) is 0.421. The topological polar surface area (TPSA) is 22.1 Å². The standard InChI is InChI=1S/C13H28N4.HI/c1-11(2)17(12-7-8-12)10-9-14-13(15(3)4)16(5)6;/h11-12H,7-10H2,1-6H3;1H. The molecule has 0 N–H and O–H groups in total. The second kappa shape index (κ2) is 8.19. The Kier molecular flexibility index (Phi) is 8.18. The van der Waals surface area contributed by atoms with Gasteiger partial charge in [-0.3, -0.25) is 9.89 Å². The minimum absolute atomic E-state index is 0. The Hall–Kier alpha value is -0.0400. The Labute approximate surface area is 129 Å². The molecule has 0 heterocycles. The van der Waals surface area contributed by atoms with E-state index in [2.05, 4.69) is 33.5 Å². The fraction of sp³-hybridized carbons (Fsp3) is 0.923. The van der Waals surface area contributed by atoms with E-state index in [1.165, 1.54) is 12.8 Å². The van der Waals surface area contributed by atoms with Gasteiger partial charge in [0.15, 0.2) is 5.96 Å². The molecule has 0 unspecified atom stereocenters. The third-order valence-electron chi connectivity index (χ3n) is 3.09. The van der Waals surface area contributed by atoms with E-state index in [1.54, 1.807) is 0 Å². The van der Waals surface area contributed by atoms with Crippen LogP contribution in [0.3, 0.4) is 0 Å². The minimum Gasteiger partial charge on any atom is -0.349 e. The van der Waals surface area contributed by atoms with Crippen molar-refractivity contribution in [2.75, 3.05) is 41.3 Å². The largest absolute Gasteiger partial charge is 0.349 e. The molecule has 1 aliphatic rings. The molecule has 0 bridgehead atoms. The first kappa shape index (κ1) is 18.0. The van der Waals surface area contributed by atoms with Crippen molar-refractivity contribution in [2.24, 2.45) is 4.99 Å². The molecule has 0 aliphatic heterocycles. The SMILES string of the molecule is CC(C)N(CCN=C(N(C)C)N(C)C)C1CC1.I. The Balaban J connectivity index is 0.00000289. The zero-order valence-corrected chi connectivity index (χ0v) is 15.0. The van der Waals surface area contributed by atoms with Gasteiger partial charge in [-0.15, -0.1) is 24.0 Å². The molecule has 0 aromatic heterocycles. The maximum absolute atomic E-state index is 4.68. The lowest BCUT2D eigenvalue weighted by Gasteiger charge is -2.27. The highest BCUT2D eigenvalue weighted by molar-refractivity contribution is 14.0. The molecular weight excluding hydrogens is 339 g/mol. The Bertz CT molecular complexity index is 248. The average molecular weight is 368 g/mol. The van der Waals surface area contributed by atoms with Gasteiger partial charge in [-0.05, 0) is 26.7 Å². The smallest absolute Gasteiger partial charge is 0.195 e. The third-order valence-corrected chi connectivity index (χ3v) is 3.09. The predicted molar refractivity (Wildman–Crippen MR) is 90.0 cm³/mol. The second-order valence-corrected chi connectivity index (χ2v) is 5.53. The lowest BCUT2D eigenvalue weighted by atomic mass is 10.3. The van der Waals surface area contributed by atoms with Gasteiger partial charge in [-0.1, -0.05) is 0 Å². The van der Waals surface area contributed by atoms with Crippen LogP contribution in [0.4, 0.5) is 0 Å². The van der Waals surface area contributed by atoms with Gasteiger partial charge in [0.25, 0.3) is 0 Å². The molecule has 0 aromatic carbocycles. The van der Waals surface area contributed by atoms with Crippen LogP contribution in [0.2, 0.25) is 0 Å².